The highest BCUT2D eigenvalue weighted by molar-refractivity contribution is 5.95. The fraction of sp³-hybridized carbons (Fsp3) is 0.259. The molecule has 0 radical (unpaired) electrons. The van der Waals surface area contributed by atoms with E-state index in [0.29, 0.717) is 17.4 Å². The zero-order chi connectivity index (χ0) is 25.8. The number of para-hydroxylation sites is 2. The number of halogens is 1. The van der Waals surface area contributed by atoms with Gasteiger partial charge in [0.05, 0.1) is 17.5 Å². The summed E-state index contributed by atoms with van der Waals surface area (Å²) >= 11 is 0. The molecule has 10 heteroatoms. The van der Waals surface area contributed by atoms with Crippen LogP contribution >= 0.6 is 0 Å². The number of ether oxygens (including phenoxy) is 2. The maximum atomic E-state index is 14.8. The molecule has 190 valence electrons. The molecule has 2 aromatic carbocycles. The maximum absolute atomic E-state index is 14.8. The molecule has 1 saturated heterocycles. The van der Waals surface area contributed by atoms with Gasteiger partial charge in [0, 0.05) is 26.0 Å². The van der Waals surface area contributed by atoms with Crippen LogP contribution in [0.1, 0.15) is 28.8 Å². The van der Waals surface area contributed by atoms with Crippen molar-refractivity contribution >= 4 is 28.8 Å². The fourth-order valence-corrected chi connectivity index (χ4v) is 4.40. The number of aromatic nitrogens is 3. The third-order valence-electron chi connectivity index (χ3n) is 6.29. The summed E-state index contributed by atoms with van der Waals surface area (Å²) in [4.78, 5) is 33.1. The van der Waals surface area contributed by atoms with E-state index in [1.54, 1.807) is 6.07 Å². The van der Waals surface area contributed by atoms with Crippen molar-refractivity contribution in [2.45, 2.75) is 25.8 Å². The second-order valence-corrected chi connectivity index (χ2v) is 8.90. The Morgan fingerprint density at radius 2 is 1.95 bits per heavy atom. The normalized spacial score (nSPS) is 14.0. The maximum Gasteiger partial charge on any atom is 0.254 e. The van der Waals surface area contributed by atoms with Crippen LogP contribution in [0.25, 0.3) is 11.0 Å². The van der Waals surface area contributed by atoms with Crippen LogP contribution in [0.2, 0.25) is 0 Å². The molecule has 0 spiro atoms. The summed E-state index contributed by atoms with van der Waals surface area (Å²) in [6, 6.07) is 14.9. The first-order chi connectivity index (χ1) is 18.0. The zero-order valence-corrected chi connectivity index (χ0v) is 20.0. The lowest BCUT2D eigenvalue weighted by Crippen LogP contribution is -2.23. The van der Waals surface area contributed by atoms with Gasteiger partial charge in [-0.2, -0.15) is 0 Å². The summed E-state index contributed by atoms with van der Waals surface area (Å²) < 4.78 is 27.8. The van der Waals surface area contributed by atoms with E-state index in [9.17, 15) is 14.0 Å². The minimum atomic E-state index is -0.736. The van der Waals surface area contributed by atoms with Gasteiger partial charge in [0.1, 0.15) is 5.56 Å². The third-order valence-corrected chi connectivity index (χ3v) is 6.29. The molecule has 1 fully saturated rings. The summed E-state index contributed by atoms with van der Waals surface area (Å²) in [7, 11) is 0. The van der Waals surface area contributed by atoms with Gasteiger partial charge in [0.15, 0.2) is 11.6 Å². The number of fused-ring (bicyclic) bond motifs is 1. The van der Waals surface area contributed by atoms with E-state index in [4.69, 9.17) is 15.2 Å². The Bertz CT molecular complexity index is 1450. The van der Waals surface area contributed by atoms with Crippen molar-refractivity contribution in [2.75, 3.05) is 18.5 Å². The minimum Gasteiger partial charge on any atom is -0.435 e. The largest absolute Gasteiger partial charge is 0.435 e. The summed E-state index contributed by atoms with van der Waals surface area (Å²) in [5.41, 5.74) is 7.55. The van der Waals surface area contributed by atoms with Crippen molar-refractivity contribution in [1.29, 1.82) is 0 Å². The van der Waals surface area contributed by atoms with Gasteiger partial charge in [-0.1, -0.05) is 18.2 Å². The van der Waals surface area contributed by atoms with Crippen LogP contribution in [0.3, 0.4) is 0 Å². The molecule has 2 aromatic heterocycles. The number of nitrogens with zero attached hydrogens (tertiary/aromatic N) is 3. The Hall–Kier alpha value is -4.31. The number of pyridine rings is 1. The molecular formula is C27H26FN5O4. The Labute approximate surface area is 212 Å². The van der Waals surface area contributed by atoms with Gasteiger partial charge in [-0.3, -0.25) is 14.9 Å². The molecule has 3 N–H and O–H groups in total. The van der Waals surface area contributed by atoms with Crippen LogP contribution in [0, 0.1) is 11.7 Å². The van der Waals surface area contributed by atoms with Gasteiger partial charge in [-0.15, -0.1) is 0 Å². The second-order valence-electron chi connectivity index (χ2n) is 8.90. The first kappa shape index (κ1) is 24.4. The Morgan fingerprint density at radius 3 is 2.73 bits per heavy atom. The van der Waals surface area contributed by atoms with E-state index in [-0.39, 0.29) is 29.5 Å². The van der Waals surface area contributed by atoms with Crippen molar-refractivity contribution in [2.24, 2.45) is 11.7 Å². The number of carbonyl (C=O) groups is 2. The molecule has 37 heavy (non-hydrogen) atoms. The average Bonchev–Trinajstić information content (AvgIpc) is 3.23. The molecule has 1 aliphatic rings. The van der Waals surface area contributed by atoms with Crippen molar-refractivity contribution in [1.82, 2.24) is 14.5 Å². The van der Waals surface area contributed by atoms with Gasteiger partial charge in [0.2, 0.25) is 17.7 Å². The number of nitrogens with two attached hydrogens (primary N) is 1. The lowest BCUT2D eigenvalue weighted by Gasteiger charge is -2.23. The van der Waals surface area contributed by atoms with E-state index in [1.165, 1.54) is 30.5 Å². The summed E-state index contributed by atoms with van der Waals surface area (Å²) in [6.07, 6.45) is 3.25. The van der Waals surface area contributed by atoms with Crippen molar-refractivity contribution in [3.05, 3.63) is 77.7 Å². The first-order valence-corrected chi connectivity index (χ1v) is 12.0. The van der Waals surface area contributed by atoms with Crippen LogP contribution in [0.4, 0.5) is 10.3 Å². The van der Waals surface area contributed by atoms with E-state index in [1.807, 2.05) is 28.8 Å². The molecule has 3 heterocycles. The highest BCUT2D eigenvalue weighted by Crippen LogP contribution is 2.27. The molecule has 2 amide bonds. The fourth-order valence-electron chi connectivity index (χ4n) is 4.40. The smallest absolute Gasteiger partial charge is 0.254 e. The molecule has 4 aromatic rings. The molecule has 0 saturated carbocycles. The van der Waals surface area contributed by atoms with E-state index < -0.39 is 11.7 Å². The number of hydrogen-bond acceptors (Lipinski definition) is 6. The summed E-state index contributed by atoms with van der Waals surface area (Å²) in [5.74, 6) is -1.09. The molecule has 0 unspecified atom stereocenters. The molecular weight excluding hydrogens is 477 g/mol. The van der Waals surface area contributed by atoms with Crippen LogP contribution in [-0.2, 0) is 22.5 Å². The molecule has 0 atom stereocenters. The van der Waals surface area contributed by atoms with E-state index in [0.717, 1.165) is 43.6 Å². The number of anilines is 1. The summed E-state index contributed by atoms with van der Waals surface area (Å²) in [5, 5.41) is 2.90. The van der Waals surface area contributed by atoms with E-state index >= 15 is 0 Å². The van der Waals surface area contributed by atoms with Gasteiger partial charge in [-0.25, -0.2) is 14.4 Å². The minimum absolute atomic E-state index is 0.0361. The highest BCUT2D eigenvalue weighted by atomic mass is 19.1. The number of imidazole rings is 1. The van der Waals surface area contributed by atoms with Gasteiger partial charge >= 0.3 is 0 Å². The van der Waals surface area contributed by atoms with E-state index in [2.05, 4.69) is 15.3 Å². The number of hydrogen-bond donors (Lipinski definition) is 2. The van der Waals surface area contributed by atoms with Crippen molar-refractivity contribution in [3.63, 3.8) is 0 Å². The quantitative estimate of drug-likeness (QED) is 0.374. The average molecular weight is 504 g/mol. The monoisotopic (exact) mass is 503 g/mol. The number of carbonyl (C=O) groups excluding carboxylic acids is 2. The van der Waals surface area contributed by atoms with Gasteiger partial charge < -0.3 is 19.8 Å². The van der Waals surface area contributed by atoms with Crippen LogP contribution in [-0.4, -0.2) is 39.6 Å². The zero-order valence-electron chi connectivity index (χ0n) is 20.0. The Balaban J connectivity index is 1.30. The summed E-state index contributed by atoms with van der Waals surface area (Å²) in [6.45, 7) is 2.18. The number of nitrogens with one attached hydrogen (secondary N) is 1. The topological polar surface area (TPSA) is 121 Å². The number of rotatable bonds is 8. The lowest BCUT2D eigenvalue weighted by atomic mass is 10.0. The third kappa shape index (κ3) is 5.59. The number of benzene rings is 2. The Kier molecular flexibility index (Phi) is 7.09. The first-order valence-electron chi connectivity index (χ1n) is 12.0. The van der Waals surface area contributed by atoms with Gasteiger partial charge in [0.25, 0.3) is 5.91 Å². The number of primary amides is 1. The van der Waals surface area contributed by atoms with Crippen LogP contribution in [0.15, 0.2) is 60.8 Å². The van der Waals surface area contributed by atoms with Crippen molar-refractivity contribution in [3.8, 4) is 11.6 Å². The Morgan fingerprint density at radius 1 is 1.14 bits per heavy atom. The SMILES string of the molecule is NC(=O)c1cccnc1Oc1ccc(CC(=O)Nc2nc3ccccc3n2CC2CCOCC2)cc1F. The van der Waals surface area contributed by atoms with Crippen molar-refractivity contribution < 1.29 is 23.5 Å². The molecule has 1 aliphatic heterocycles. The molecule has 0 aliphatic carbocycles. The van der Waals surface area contributed by atoms with Crippen LogP contribution < -0.4 is 15.8 Å². The lowest BCUT2D eigenvalue weighted by molar-refractivity contribution is -0.115. The molecule has 5 rings (SSSR count). The van der Waals surface area contributed by atoms with Crippen LogP contribution in [0.5, 0.6) is 11.6 Å². The van der Waals surface area contributed by atoms with Gasteiger partial charge in [-0.05, 0) is 60.7 Å². The highest BCUT2D eigenvalue weighted by Gasteiger charge is 2.20. The number of amides is 2. The second kappa shape index (κ2) is 10.8. The molecule has 0 bridgehead atoms. The predicted molar refractivity (Wildman–Crippen MR) is 135 cm³/mol. The molecule has 9 nitrogen and oxygen atoms in total. The predicted octanol–water partition coefficient (Wildman–Crippen LogP) is 4.07. The standard InChI is InChI=1S/C27H26FN5O4/c28-20-14-18(7-8-23(20)37-26-19(25(29)35)4-3-11-30-26)15-24(34)32-27-31-21-5-1-2-6-22(21)33(27)16-17-9-12-36-13-10-17/h1-8,11,14,17H,9-10,12-13,15-16H2,(H2,29,35)(H,31,32,34).